The SMILES string of the molecule is COc1cccc([C@@H]2CN(C)C3(C(=O)Nc4ccccc43)[C@@]2(C#N)C(=O)c2c[nH]c3ccccc23)c1. The lowest BCUT2D eigenvalue weighted by atomic mass is 9.58. The van der Waals surface area contributed by atoms with Crippen molar-refractivity contribution >= 4 is 28.3 Å². The third kappa shape index (κ3) is 2.59. The largest absolute Gasteiger partial charge is 0.497 e. The number of benzene rings is 3. The number of aromatic amines is 1. The molecule has 178 valence electrons. The maximum atomic E-state index is 14.8. The summed E-state index contributed by atoms with van der Waals surface area (Å²) < 4.78 is 5.46. The number of carbonyl (C=O) groups excluding carboxylic acids is 2. The van der Waals surface area contributed by atoms with Gasteiger partial charge in [0, 0.05) is 46.4 Å². The topological polar surface area (TPSA) is 98.2 Å². The number of anilines is 1. The van der Waals surface area contributed by atoms with Gasteiger partial charge in [-0.25, -0.2) is 0 Å². The van der Waals surface area contributed by atoms with Crippen LogP contribution >= 0.6 is 0 Å². The van der Waals surface area contributed by atoms with Crippen molar-refractivity contribution in [3.05, 3.63) is 95.7 Å². The molecule has 0 saturated carbocycles. The molecule has 7 heteroatoms. The summed E-state index contributed by atoms with van der Waals surface area (Å²) in [6, 6.07) is 24.7. The highest BCUT2D eigenvalue weighted by atomic mass is 16.5. The molecule has 7 nitrogen and oxygen atoms in total. The Kier molecular flexibility index (Phi) is 4.79. The molecular weight excluding hydrogens is 452 g/mol. The summed E-state index contributed by atoms with van der Waals surface area (Å²) in [4.78, 5) is 33.8. The molecule has 1 aromatic heterocycles. The molecule has 1 spiro atoms. The van der Waals surface area contributed by atoms with Crippen molar-refractivity contribution < 1.29 is 14.3 Å². The Bertz CT molecular complexity index is 1580. The number of nitrogens with one attached hydrogen (secondary N) is 2. The molecule has 1 fully saturated rings. The zero-order valence-electron chi connectivity index (χ0n) is 19.9. The van der Waals surface area contributed by atoms with Crippen molar-refractivity contribution in [2.45, 2.75) is 11.5 Å². The van der Waals surface area contributed by atoms with E-state index in [9.17, 15) is 14.9 Å². The van der Waals surface area contributed by atoms with Gasteiger partial charge in [0.15, 0.2) is 16.7 Å². The summed E-state index contributed by atoms with van der Waals surface area (Å²) in [7, 11) is 3.40. The van der Waals surface area contributed by atoms with E-state index in [4.69, 9.17) is 4.74 Å². The van der Waals surface area contributed by atoms with E-state index in [1.165, 1.54) is 0 Å². The number of H-pyrrole nitrogens is 1. The summed E-state index contributed by atoms with van der Waals surface area (Å²) in [5.41, 5.74) is -0.0535. The molecule has 0 aliphatic carbocycles. The molecule has 1 saturated heterocycles. The normalized spacial score (nSPS) is 25.0. The maximum absolute atomic E-state index is 14.8. The minimum Gasteiger partial charge on any atom is -0.497 e. The van der Waals surface area contributed by atoms with Crippen molar-refractivity contribution in [3.8, 4) is 11.8 Å². The number of aromatic nitrogens is 1. The molecule has 1 amide bonds. The van der Waals surface area contributed by atoms with Crippen LogP contribution in [0.1, 0.15) is 27.4 Å². The molecular formula is C29H24N4O3. The number of nitrogens with zero attached hydrogens (tertiary/aromatic N) is 2. The molecule has 3 aromatic carbocycles. The molecule has 1 unspecified atom stereocenters. The average Bonchev–Trinajstić information content (AvgIpc) is 3.56. The van der Waals surface area contributed by atoms with Crippen molar-refractivity contribution in [1.82, 2.24) is 9.88 Å². The molecule has 2 N–H and O–H groups in total. The average molecular weight is 477 g/mol. The fourth-order valence-corrected chi connectivity index (χ4v) is 6.33. The highest BCUT2D eigenvalue weighted by Gasteiger charge is 2.74. The van der Waals surface area contributed by atoms with Gasteiger partial charge in [0.05, 0.1) is 13.2 Å². The van der Waals surface area contributed by atoms with Gasteiger partial charge < -0.3 is 15.0 Å². The maximum Gasteiger partial charge on any atom is 0.251 e. The first-order valence-corrected chi connectivity index (χ1v) is 11.8. The van der Waals surface area contributed by atoms with Crippen LogP contribution in [0.5, 0.6) is 5.75 Å². The minimum atomic E-state index is -1.75. The third-order valence-electron chi connectivity index (χ3n) is 7.88. The lowest BCUT2D eigenvalue weighted by molar-refractivity contribution is -0.128. The minimum absolute atomic E-state index is 0.330. The van der Waals surface area contributed by atoms with Crippen LogP contribution in [0.4, 0.5) is 5.69 Å². The monoisotopic (exact) mass is 476 g/mol. The van der Waals surface area contributed by atoms with Crippen LogP contribution in [0.3, 0.4) is 0 Å². The number of carbonyl (C=O) groups is 2. The van der Waals surface area contributed by atoms with Crippen LogP contribution in [-0.2, 0) is 10.3 Å². The fourth-order valence-electron chi connectivity index (χ4n) is 6.33. The Morgan fingerprint density at radius 3 is 2.69 bits per heavy atom. The number of nitriles is 1. The highest BCUT2D eigenvalue weighted by molar-refractivity contribution is 6.18. The van der Waals surface area contributed by atoms with Crippen LogP contribution in [-0.4, -0.2) is 42.3 Å². The van der Waals surface area contributed by atoms with Gasteiger partial charge in [-0.1, -0.05) is 48.5 Å². The van der Waals surface area contributed by atoms with Gasteiger partial charge in [0.2, 0.25) is 0 Å². The van der Waals surface area contributed by atoms with Crippen LogP contribution in [0.2, 0.25) is 0 Å². The van der Waals surface area contributed by atoms with Crippen molar-refractivity contribution in [2.75, 3.05) is 26.0 Å². The van der Waals surface area contributed by atoms with E-state index >= 15 is 0 Å². The first-order chi connectivity index (χ1) is 17.5. The van der Waals surface area contributed by atoms with Gasteiger partial charge in [0.1, 0.15) is 5.75 Å². The number of hydrogen-bond donors (Lipinski definition) is 2. The molecule has 3 atom stereocenters. The number of fused-ring (bicyclic) bond motifs is 3. The number of ketones is 1. The molecule has 36 heavy (non-hydrogen) atoms. The van der Waals surface area contributed by atoms with E-state index in [0.29, 0.717) is 29.1 Å². The number of likely N-dealkylation sites (N-methyl/N-ethyl adjacent to an activating group) is 1. The smallest absolute Gasteiger partial charge is 0.251 e. The third-order valence-corrected chi connectivity index (χ3v) is 7.88. The summed E-state index contributed by atoms with van der Waals surface area (Å²) in [6.45, 7) is 0.330. The van der Waals surface area contributed by atoms with E-state index in [-0.39, 0.29) is 11.7 Å². The Hall–Kier alpha value is -4.41. The van der Waals surface area contributed by atoms with Crippen molar-refractivity contribution in [2.24, 2.45) is 5.41 Å². The Morgan fingerprint density at radius 2 is 1.89 bits per heavy atom. The zero-order valence-corrected chi connectivity index (χ0v) is 19.9. The summed E-state index contributed by atoms with van der Waals surface area (Å²) in [5, 5.41) is 14.8. The number of methoxy groups -OCH3 is 1. The van der Waals surface area contributed by atoms with E-state index < -0.39 is 16.9 Å². The van der Waals surface area contributed by atoms with Gasteiger partial charge in [-0.05, 0) is 36.9 Å². The van der Waals surface area contributed by atoms with Crippen molar-refractivity contribution in [3.63, 3.8) is 0 Å². The standard InChI is InChI=1S/C29H24N4O3/c1-33-16-23(18-8-7-9-19(14-18)36-2)28(17-30,26(34)21-15-31-24-12-5-3-10-20(21)24)29(33)22-11-4-6-13-25(22)32-27(29)35/h3-15,23,31H,16H2,1-2H3,(H,32,35)/t23-,28+,29?/m0/s1. The number of amides is 1. The molecule has 6 rings (SSSR count). The molecule has 2 aliphatic heterocycles. The van der Waals surface area contributed by atoms with E-state index in [2.05, 4.69) is 16.4 Å². The summed E-state index contributed by atoms with van der Waals surface area (Å²) in [5.74, 6) is -0.725. The first-order valence-electron chi connectivity index (χ1n) is 11.8. The number of rotatable bonds is 4. The van der Waals surface area contributed by atoms with Crippen molar-refractivity contribution in [1.29, 1.82) is 5.26 Å². The molecule has 0 bridgehead atoms. The van der Waals surface area contributed by atoms with E-state index in [1.54, 1.807) is 13.3 Å². The molecule has 2 aliphatic rings. The number of para-hydroxylation sites is 2. The highest BCUT2D eigenvalue weighted by Crippen LogP contribution is 2.63. The summed E-state index contributed by atoms with van der Waals surface area (Å²) in [6.07, 6.45) is 1.65. The first kappa shape index (κ1) is 22.1. The van der Waals surface area contributed by atoms with Crippen LogP contribution < -0.4 is 10.1 Å². The second-order valence-corrected chi connectivity index (χ2v) is 9.42. The molecule has 4 aromatic rings. The quantitative estimate of drug-likeness (QED) is 0.424. The van der Waals surface area contributed by atoms with E-state index in [1.807, 2.05) is 84.7 Å². The lowest BCUT2D eigenvalue weighted by Crippen LogP contribution is -2.58. The van der Waals surface area contributed by atoms with Gasteiger partial charge in [-0.3, -0.25) is 14.5 Å². The van der Waals surface area contributed by atoms with E-state index in [0.717, 1.165) is 16.5 Å². The second-order valence-electron chi connectivity index (χ2n) is 9.42. The Balaban J connectivity index is 1.68. The van der Waals surface area contributed by atoms with Crippen LogP contribution in [0.25, 0.3) is 10.9 Å². The Morgan fingerprint density at radius 1 is 1.11 bits per heavy atom. The fraction of sp³-hybridized carbons (Fsp3) is 0.207. The number of likely N-dealkylation sites (tertiary alicyclic amines) is 1. The lowest BCUT2D eigenvalue weighted by Gasteiger charge is -2.41. The van der Waals surface area contributed by atoms with Crippen LogP contribution in [0, 0.1) is 16.7 Å². The predicted molar refractivity (Wildman–Crippen MR) is 136 cm³/mol. The van der Waals surface area contributed by atoms with Gasteiger partial charge in [-0.15, -0.1) is 0 Å². The molecule has 0 radical (unpaired) electrons. The molecule has 3 heterocycles. The number of ether oxygens (including phenoxy) is 1. The zero-order chi connectivity index (χ0) is 25.1. The van der Waals surface area contributed by atoms with Crippen LogP contribution in [0.15, 0.2) is 79.0 Å². The second kappa shape index (κ2) is 7.80. The predicted octanol–water partition coefficient (Wildman–Crippen LogP) is 4.45. The van der Waals surface area contributed by atoms with Gasteiger partial charge >= 0.3 is 0 Å². The Labute approximate surface area is 208 Å². The number of hydrogen-bond acceptors (Lipinski definition) is 5. The van der Waals surface area contributed by atoms with Gasteiger partial charge in [0.25, 0.3) is 5.91 Å². The number of Topliss-reactive ketones (excluding diaryl/α,β-unsaturated/α-hetero) is 1. The van der Waals surface area contributed by atoms with Gasteiger partial charge in [-0.2, -0.15) is 5.26 Å². The summed E-state index contributed by atoms with van der Waals surface area (Å²) >= 11 is 0.